The number of β-amino-alcohol motifs (C(OH)–C–C–N with tert-alkyl or cyclic N) is 1. The fourth-order valence-electron chi connectivity index (χ4n) is 5.87. The van der Waals surface area contributed by atoms with E-state index in [2.05, 4.69) is 35.2 Å². The van der Waals surface area contributed by atoms with Crippen molar-refractivity contribution in [3.8, 4) is 23.0 Å². The van der Waals surface area contributed by atoms with Gasteiger partial charge in [0.2, 0.25) is 5.95 Å². The fraction of sp³-hybridized carbons (Fsp3) is 0.406. The molecule has 1 saturated heterocycles. The van der Waals surface area contributed by atoms with Crippen LogP contribution in [0.3, 0.4) is 0 Å². The zero-order valence-electron chi connectivity index (χ0n) is 26.3. The second-order valence-electron chi connectivity index (χ2n) is 12.0. The van der Waals surface area contributed by atoms with Crippen LogP contribution in [0.5, 0.6) is 11.8 Å². The number of aliphatic hydroxyl groups is 1. The van der Waals surface area contributed by atoms with Crippen LogP contribution >= 0.6 is 0 Å². The molecule has 48 heavy (non-hydrogen) atoms. The van der Waals surface area contributed by atoms with Crippen LogP contribution in [-0.4, -0.2) is 85.4 Å². The molecule has 0 atom stereocenters. The molecule has 0 radical (unpaired) electrons. The van der Waals surface area contributed by atoms with Gasteiger partial charge in [-0.1, -0.05) is 18.2 Å². The number of carbonyl (C=O) groups excluding carboxylic acids is 1. The zero-order valence-corrected chi connectivity index (χ0v) is 26.3. The summed E-state index contributed by atoms with van der Waals surface area (Å²) >= 11 is 0. The Balaban J connectivity index is 1.16. The summed E-state index contributed by atoms with van der Waals surface area (Å²) in [4.78, 5) is 42.1. The number of benzene rings is 1. The highest BCUT2D eigenvalue weighted by Gasteiger charge is 2.43. The van der Waals surface area contributed by atoms with E-state index in [1.165, 1.54) is 18.2 Å². The Bertz CT molecular complexity index is 1700. The molecule has 2 fully saturated rings. The van der Waals surface area contributed by atoms with E-state index in [0.29, 0.717) is 48.5 Å². The molecule has 6 rings (SSSR count). The minimum atomic E-state index is -4.64. The minimum absolute atomic E-state index is 0.0350. The third-order valence-corrected chi connectivity index (χ3v) is 8.20. The quantitative estimate of drug-likeness (QED) is 0.250. The van der Waals surface area contributed by atoms with E-state index in [4.69, 9.17) is 9.47 Å². The molecule has 4 aromatic rings. The van der Waals surface area contributed by atoms with Gasteiger partial charge in [0.1, 0.15) is 17.1 Å². The molecule has 1 aliphatic heterocycles. The number of aromatic nitrogens is 6. The molecule has 2 aliphatic rings. The lowest BCUT2D eigenvalue weighted by atomic mass is 9.90. The third kappa shape index (κ3) is 7.54. The Hall–Kier alpha value is -5.12. The number of halogens is 3. The molecule has 1 aromatic carbocycles. The average Bonchev–Trinajstić information content (AvgIpc) is 3.07. The summed E-state index contributed by atoms with van der Waals surface area (Å²) in [6, 6.07) is 8.84. The SMILES string of the molecule is COc1ncc(-c2cnc(N(C(=O)COc3ccccc3)C3CCC(Nc4ncc(C(F)(F)F)c(N5CC(C)(O)C5)n4)CC3)cn2)cn1. The van der Waals surface area contributed by atoms with Crippen molar-refractivity contribution in [1.29, 1.82) is 0 Å². The lowest BCUT2D eigenvalue weighted by Crippen LogP contribution is -2.60. The van der Waals surface area contributed by atoms with Crippen molar-refractivity contribution < 1.29 is 32.5 Å². The maximum Gasteiger partial charge on any atom is 0.421 e. The van der Waals surface area contributed by atoms with Gasteiger partial charge in [-0.05, 0) is 44.7 Å². The topological polar surface area (TPSA) is 152 Å². The number of rotatable bonds is 10. The fourth-order valence-corrected chi connectivity index (χ4v) is 5.87. The molecule has 1 amide bonds. The number of nitrogens with one attached hydrogen (secondary N) is 1. The molecule has 3 aromatic heterocycles. The molecule has 0 unspecified atom stereocenters. The predicted molar refractivity (Wildman–Crippen MR) is 169 cm³/mol. The normalized spacial score (nSPS) is 18.8. The highest BCUT2D eigenvalue weighted by molar-refractivity contribution is 5.94. The van der Waals surface area contributed by atoms with Crippen LogP contribution in [0.4, 0.5) is 30.8 Å². The molecule has 2 N–H and O–H groups in total. The van der Waals surface area contributed by atoms with Crippen LogP contribution in [0, 0.1) is 0 Å². The number of anilines is 3. The van der Waals surface area contributed by atoms with Crippen LogP contribution in [-0.2, 0) is 11.0 Å². The van der Waals surface area contributed by atoms with Crippen molar-refractivity contribution in [2.45, 2.75) is 56.5 Å². The van der Waals surface area contributed by atoms with Gasteiger partial charge in [0.05, 0.1) is 30.8 Å². The Kier molecular flexibility index (Phi) is 9.26. The molecular weight excluding hydrogens is 631 g/mol. The lowest BCUT2D eigenvalue weighted by Gasteiger charge is -2.45. The van der Waals surface area contributed by atoms with Gasteiger partial charge in [0, 0.05) is 49.3 Å². The van der Waals surface area contributed by atoms with Gasteiger partial charge in [-0.25, -0.2) is 19.9 Å². The average molecular weight is 666 g/mol. The van der Waals surface area contributed by atoms with Crippen molar-refractivity contribution in [2.24, 2.45) is 0 Å². The van der Waals surface area contributed by atoms with E-state index >= 15 is 0 Å². The second-order valence-corrected chi connectivity index (χ2v) is 12.0. The first-order valence-electron chi connectivity index (χ1n) is 15.4. The van der Waals surface area contributed by atoms with E-state index in [1.54, 1.807) is 42.5 Å². The molecule has 0 spiro atoms. The summed E-state index contributed by atoms with van der Waals surface area (Å²) in [5.74, 6) is 0.413. The Morgan fingerprint density at radius 3 is 2.31 bits per heavy atom. The predicted octanol–water partition coefficient (Wildman–Crippen LogP) is 4.16. The third-order valence-electron chi connectivity index (χ3n) is 8.20. The maximum atomic E-state index is 13.7. The summed E-state index contributed by atoms with van der Waals surface area (Å²) in [6.07, 6.45) is 4.63. The Labute approximate surface area is 274 Å². The number of amides is 1. The van der Waals surface area contributed by atoms with Gasteiger partial charge in [0.25, 0.3) is 5.91 Å². The van der Waals surface area contributed by atoms with Crippen LogP contribution < -0.4 is 24.6 Å². The molecule has 0 bridgehead atoms. The first kappa shape index (κ1) is 32.8. The van der Waals surface area contributed by atoms with Gasteiger partial charge in [-0.3, -0.25) is 14.7 Å². The standard InChI is InChI=1S/C32H34F3N9O4/c1-31(46)18-43(19-31)28-24(32(33,34)35)14-38-29(42-28)41-21-8-10-22(11-9-21)44(27(45)17-48-23-6-4-3-5-7-23)26-16-36-25(15-37-26)20-12-39-30(47-2)40-13-20/h3-7,12-16,21-22,46H,8-11,17-19H2,1-2H3,(H,38,41,42). The number of carbonyl (C=O) groups is 1. The van der Waals surface area contributed by atoms with Crippen LogP contribution in [0.25, 0.3) is 11.3 Å². The molecule has 4 heterocycles. The highest BCUT2D eigenvalue weighted by Crippen LogP contribution is 2.39. The van der Waals surface area contributed by atoms with Gasteiger partial charge < -0.3 is 24.8 Å². The van der Waals surface area contributed by atoms with Gasteiger partial charge in [-0.2, -0.15) is 18.2 Å². The maximum absolute atomic E-state index is 13.7. The van der Waals surface area contributed by atoms with Crippen molar-refractivity contribution in [1.82, 2.24) is 29.9 Å². The van der Waals surface area contributed by atoms with E-state index < -0.39 is 17.3 Å². The van der Waals surface area contributed by atoms with Crippen molar-refractivity contribution in [3.63, 3.8) is 0 Å². The van der Waals surface area contributed by atoms with E-state index in [9.17, 15) is 23.1 Å². The molecule has 16 heteroatoms. The highest BCUT2D eigenvalue weighted by atomic mass is 19.4. The Morgan fingerprint density at radius 2 is 1.71 bits per heavy atom. The first-order chi connectivity index (χ1) is 23.0. The van der Waals surface area contributed by atoms with Gasteiger partial charge >= 0.3 is 12.2 Å². The van der Waals surface area contributed by atoms with Crippen LogP contribution in [0.2, 0.25) is 0 Å². The minimum Gasteiger partial charge on any atom is -0.484 e. The smallest absolute Gasteiger partial charge is 0.421 e. The summed E-state index contributed by atoms with van der Waals surface area (Å²) < 4.78 is 51.9. The number of nitrogens with zero attached hydrogens (tertiary/aromatic N) is 8. The lowest BCUT2D eigenvalue weighted by molar-refractivity contribution is -0.137. The molecule has 1 aliphatic carbocycles. The van der Waals surface area contributed by atoms with Gasteiger partial charge in [0.15, 0.2) is 12.4 Å². The van der Waals surface area contributed by atoms with Crippen LogP contribution in [0.15, 0.2) is 61.3 Å². The molecule has 13 nitrogen and oxygen atoms in total. The summed E-state index contributed by atoms with van der Waals surface area (Å²) in [7, 11) is 1.47. The number of hydrogen-bond donors (Lipinski definition) is 2. The van der Waals surface area contributed by atoms with E-state index in [0.717, 1.165) is 6.20 Å². The Morgan fingerprint density at radius 1 is 1.00 bits per heavy atom. The monoisotopic (exact) mass is 665 g/mol. The van der Waals surface area contributed by atoms with E-state index in [-0.39, 0.29) is 55.5 Å². The summed E-state index contributed by atoms with van der Waals surface area (Å²) in [6.45, 7) is 1.41. The second kappa shape index (κ2) is 13.5. The largest absolute Gasteiger partial charge is 0.484 e. The molecular formula is C32H34F3N9O4. The number of ether oxygens (including phenoxy) is 2. The zero-order chi connectivity index (χ0) is 33.9. The molecule has 252 valence electrons. The number of para-hydroxylation sites is 1. The van der Waals surface area contributed by atoms with Crippen molar-refractivity contribution >= 4 is 23.5 Å². The van der Waals surface area contributed by atoms with Gasteiger partial charge in [-0.15, -0.1) is 0 Å². The van der Waals surface area contributed by atoms with Crippen LogP contribution in [0.1, 0.15) is 38.2 Å². The van der Waals surface area contributed by atoms with Crippen molar-refractivity contribution in [2.75, 3.05) is 41.9 Å². The summed E-state index contributed by atoms with van der Waals surface area (Å²) in [5.41, 5.74) is -0.894. The first-order valence-corrected chi connectivity index (χ1v) is 15.4. The molecule has 1 saturated carbocycles. The summed E-state index contributed by atoms with van der Waals surface area (Å²) in [5, 5.41) is 13.3. The number of hydrogen-bond acceptors (Lipinski definition) is 12. The van der Waals surface area contributed by atoms with Crippen molar-refractivity contribution in [3.05, 3.63) is 66.9 Å². The van der Waals surface area contributed by atoms with E-state index in [1.807, 2.05) is 18.2 Å². The number of alkyl halides is 3. The number of methoxy groups -OCH3 is 1.